The van der Waals surface area contributed by atoms with Crippen molar-refractivity contribution in [3.05, 3.63) is 30.1 Å². The summed E-state index contributed by atoms with van der Waals surface area (Å²) in [4.78, 5) is 29.3. The number of hydrogen-bond donors (Lipinski definition) is 2. The molecule has 8 nitrogen and oxygen atoms in total. The maximum atomic E-state index is 13.1. The van der Waals surface area contributed by atoms with Gasteiger partial charge in [0, 0.05) is 30.1 Å². The van der Waals surface area contributed by atoms with Gasteiger partial charge in [-0.05, 0) is 117 Å². The van der Waals surface area contributed by atoms with E-state index >= 15 is 0 Å². The van der Waals surface area contributed by atoms with E-state index in [0.29, 0.717) is 23.8 Å². The van der Waals surface area contributed by atoms with Crippen LogP contribution in [0.2, 0.25) is 0 Å². The normalized spacial score (nSPS) is 47.6. The van der Waals surface area contributed by atoms with Crippen molar-refractivity contribution in [3.8, 4) is 0 Å². The molecule has 3 unspecified atom stereocenters. The predicted molar refractivity (Wildman–Crippen MR) is 171 cm³/mol. The molecule has 1 aliphatic heterocycles. The summed E-state index contributed by atoms with van der Waals surface area (Å²) >= 11 is 0. The van der Waals surface area contributed by atoms with Gasteiger partial charge in [0.25, 0.3) is 0 Å². The molecule has 1 saturated heterocycles. The van der Waals surface area contributed by atoms with Gasteiger partial charge in [0.15, 0.2) is 6.10 Å². The summed E-state index contributed by atoms with van der Waals surface area (Å²) in [5, 5.41) is 23.5. The van der Waals surface area contributed by atoms with Gasteiger partial charge >= 0.3 is 11.9 Å². The molecule has 2 heterocycles. The van der Waals surface area contributed by atoms with Gasteiger partial charge < -0.3 is 24.4 Å². The van der Waals surface area contributed by atoms with Crippen molar-refractivity contribution in [2.75, 3.05) is 0 Å². The Morgan fingerprint density at radius 1 is 1.07 bits per heavy atom. The van der Waals surface area contributed by atoms with Crippen molar-refractivity contribution in [1.29, 1.82) is 0 Å². The Morgan fingerprint density at radius 2 is 1.76 bits per heavy atom. The Hall–Kier alpha value is -2.03. The molecule has 6 aliphatic rings. The Labute approximate surface area is 274 Å². The number of carbonyl (C=O) groups excluding carboxylic acids is 2. The Bertz CT molecular complexity index is 1390. The zero-order chi connectivity index (χ0) is 33.2. The summed E-state index contributed by atoms with van der Waals surface area (Å²) in [5.74, 6) is 0.551. The molecule has 2 N–H and O–H groups in total. The Balaban J connectivity index is 1.16. The highest BCUT2D eigenvalue weighted by Gasteiger charge is 2.84. The van der Waals surface area contributed by atoms with E-state index in [-0.39, 0.29) is 57.1 Å². The van der Waals surface area contributed by atoms with E-state index in [1.165, 1.54) is 19.8 Å². The quantitative estimate of drug-likeness (QED) is 0.371. The fourth-order valence-corrected chi connectivity index (χ4v) is 13.3. The van der Waals surface area contributed by atoms with Crippen LogP contribution in [0.25, 0.3) is 0 Å². The first-order chi connectivity index (χ1) is 21.4. The van der Waals surface area contributed by atoms with Crippen LogP contribution in [0, 0.1) is 50.7 Å². The number of hydrogen-bond acceptors (Lipinski definition) is 8. The molecule has 5 saturated carbocycles. The van der Waals surface area contributed by atoms with Crippen molar-refractivity contribution < 1.29 is 34.0 Å². The minimum atomic E-state index is -1.27. The molecule has 1 aromatic rings. The average molecular weight is 638 g/mol. The van der Waals surface area contributed by atoms with Gasteiger partial charge in [-0.25, -0.2) is 4.79 Å². The zero-order valence-corrected chi connectivity index (χ0v) is 29.0. The van der Waals surface area contributed by atoms with Crippen LogP contribution >= 0.6 is 0 Å². The first kappa shape index (κ1) is 32.5. The lowest BCUT2D eigenvalue weighted by Crippen LogP contribution is -2.60. The molecule has 5 aliphatic carbocycles. The molecule has 8 heteroatoms. The van der Waals surface area contributed by atoms with Crippen LogP contribution in [-0.2, 0) is 19.0 Å². The van der Waals surface area contributed by atoms with Crippen molar-refractivity contribution in [2.24, 2.45) is 50.7 Å². The summed E-state index contributed by atoms with van der Waals surface area (Å²) in [6.07, 6.45) is 8.96. The van der Waals surface area contributed by atoms with E-state index in [0.717, 1.165) is 32.1 Å². The molecule has 46 heavy (non-hydrogen) atoms. The van der Waals surface area contributed by atoms with E-state index < -0.39 is 29.9 Å². The van der Waals surface area contributed by atoms with Crippen LogP contribution in [0.1, 0.15) is 117 Å². The van der Waals surface area contributed by atoms with Crippen molar-refractivity contribution >= 4 is 11.9 Å². The number of ether oxygens (including phenoxy) is 3. The Kier molecular flexibility index (Phi) is 7.24. The lowest BCUT2D eigenvalue weighted by Gasteiger charge is -2.63. The SMILES string of the molecule is CC(=O)O[C@@H](C1C[C@@H](C)[C@H]2[C@H](O1)[C@H](O)[C@@]1(C)C3CC[C@H]4C(C)(C)[C@@H](OC(=O)c5cccnc5)CC[C@@]45CC35CC[C@]21C)C(C)(C)O. The van der Waals surface area contributed by atoms with Gasteiger partial charge in [0.05, 0.1) is 29.5 Å². The third-order valence-corrected chi connectivity index (χ3v) is 15.2. The molecule has 2 spiro atoms. The first-order valence-corrected chi connectivity index (χ1v) is 17.8. The highest BCUT2D eigenvalue weighted by Crippen LogP contribution is 2.89. The van der Waals surface area contributed by atoms with Gasteiger partial charge in [0.2, 0.25) is 0 Å². The van der Waals surface area contributed by atoms with Crippen LogP contribution < -0.4 is 0 Å². The van der Waals surface area contributed by atoms with Crippen LogP contribution in [-0.4, -0.2) is 63.3 Å². The smallest absolute Gasteiger partial charge is 0.339 e. The number of aromatic nitrogens is 1. The average Bonchev–Trinajstić information content (AvgIpc) is 3.61. The minimum Gasteiger partial charge on any atom is -0.458 e. The van der Waals surface area contributed by atoms with E-state index in [4.69, 9.17) is 14.2 Å². The van der Waals surface area contributed by atoms with Gasteiger partial charge in [-0.3, -0.25) is 9.78 Å². The molecule has 1 aromatic heterocycles. The number of aliphatic hydroxyl groups excluding tert-OH is 1. The lowest BCUT2D eigenvalue weighted by molar-refractivity contribution is -0.216. The first-order valence-electron chi connectivity index (χ1n) is 17.8. The molecule has 0 radical (unpaired) electrons. The topological polar surface area (TPSA) is 115 Å². The highest BCUT2D eigenvalue weighted by atomic mass is 16.6. The number of nitrogens with zero attached hydrogens (tertiary/aromatic N) is 1. The molecular formula is C38H55NO7. The largest absolute Gasteiger partial charge is 0.458 e. The fourth-order valence-electron chi connectivity index (χ4n) is 13.3. The van der Waals surface area contributed by atoms with Gasteiger partial charge in [-0.15, -0.1) is 0 Å². The second kappa shape index (κ2) is 10.2. The minimum absolute atomic E-state index is 0.0916. The van der Waals surface area contributed by atoms with Crippen LogP contribution in [0.5, 0.6) is 0 Å². The molecule has 13 atom stereocenters. The van der Waals surface area contributed by atoms with Crippen molar-refractivity contribution in [1.82, 2.24) is 4.98 Å². The highest BCUT2D eigenvalue weighted by molar-refractivity contribution is 5.89. The number of aliphatic hydroxyl groups is 2. The fraction of sp³-hybridized carbons (Fsp3) is 0.816. The van der Waals surface area contributed by atoms with E-state index in [2.05, 4.69) is 39.6 Å². The molecule has 0 amide bonds. The lowest BCUT2D eigenvalue weighted by atomic mass is 9.41. The van der Waals surface area contributed by atoms with Crippen molar-refractivity contribution in [2.45, 2.75) is 143 Å². The number of fused-ring (bicyclic) bond motifs is 4. The second-order valence-corrected chi connectivity index (χ2v) is 17.9. The van der Waals surface area contributed by atoms with E-state index in [1.54, 1.807) is 38.4 Å². The number of esters is 2. The summed E-state index contributed by atoms with van der Waals surface area (Å²) in [5.41, 5.74) is -0.935. The summed E-state index contributed by atoms with van der Waals surface area (Å²) < 4.78 is 18.7. The van der Waals surface area contributed by atoms with Gasteiger partial charge in [-0.1, -0.05) is 34.6 Å². The molecule has 0 aromatic carbocycles. The number of rotatable bonds is 5. The summed E-state index contributed by atoms with van der Waals surface area (Å²) in [7, 11) is 0. The van der Waals surface area contributed by atoms with Crippen LogP contribution in [0.15, 0.2) is 24.5 Å². The number of carbonyl (C=O) groups is 2. The molecule has 7 rings (SSSR count). The Morgan fingerprint density at radius 3 is 2.41 bits per heavy atom. The maximum Gasteiger partial charge on any atom is 0.339 e. The van der Waals surface area contributed by atoms with Crippen molar-refractivity contribution in [3.63, 3.8) is 0 Å². The third kappa shape index (κ3) is 4.17. The summed E-state index contributed by atoms with van der Waals surface area (Å²) in [6.45, 7) is 16.4. The second-order valence-electron chi connectivity index (χ2n) is 17.9. The molecular weight excluding hydrogens is 582 g/mol. The van der Waals surface area contributed by atoms with E-state index in [9.17, 15) is 19.8 Å². The van der Waals surface area contributed by atoms with Crippen LogP contribution in [0.3, 0.4) is 0 Å². The van der Waals surface area contributed by atoms with Gasteiger partial charge in [-0.2, -0.15) is 0 Å². The molecule has 0 bridgehead atoms. The third-order valence-electron chi connectivity index (χ3n) is 15.2. The van der Waals surface area contributed by atoms with Crippen LogP contribution in [0.4, 0.5) is 0 Å². The molecule has 254 valence electrons. The monoisotopic (exact) mass is 637 g/mol. The molecule has 6 fully saturated rings. The van der Waals surface area contributed by atoms with Gasteiger partial charge in [0.1, 0.15) is 6.10 Å². The summed E-state index contributed by atoms with van der Waals surface area (Å²) in [6, 6.07) is 3.54. The standard InChI is InChI=1S/C38H55NO7/c1-21-18-24(31(34(5,6)43)44-22(2)40)45-29-28(21)35(7)15-16-38-20-37(38)14-13-27(46-32(42)23-10-9-17-39-19-23)33(3,4)25(37)11-12-26(38)36(35,8)30(29)41/h9-10,17,19,21,24-31,41,43H,11-16,18,20H2,1-8H3/t21-,24?,25+,26?,27+,28+,29+,30+,31+,35-,36-,37-,38?/m1/s1. The van der Waals surface area contributed by atoms with E-state index in [1.807, 2.05) is 0 Å². The zero-order valence-electron chi connectivity index (χ0n) is 29.0. The number of pyridine rings is 1. The maximum absolute atomic E-state index is 13.1. The predicted octanol–water partition coefficient (Wildman–Crippen LogP) is 6.12.